The molecular formula is C12H19NO2. The Morgan fingerprint density at radius 2 is 2.00 bits per heavy atom. The predicted octanol–water partition coefficient (Wildman–Crippen LogP) is 1.91. The van der Waals surface area contributed by atoms with Crippen molar-refractivity contribution >= 4 is 0 Å². The van der Waals surface area contributed by atoms with E-state index >= 15 is 0 Å². The first-order valence-electron chi connectivity index (χ1n) is 5.32. The minimum Gasteiger partial charge on any atom is -0.508 e. The summed E-state index contributed by atoms with van der Waals surface area (Å²) in [5.41, 5.74) is 1.16. The lowest BCUT2D eigenvalue weighted by Gasteiger charge is -2.12. The fraction of sp³-hybridized carbons (Fsp3) is 0.500. The second-order valence-electron chi connectivity index (χ2n) is 3.56. The number of aromatic hydroxyl groups is 1. The van der Waals surface area contributed by atoms with Crippen LogP contribution in [0.15, 0.2) is 24.3 Å². The van der Waals surface area contributed by atoms with Crippen molar-refractivity contribution in [1.82, 2.24) is 5.32 Å². The molecule has 3 heteroatoms. The molecule has 0 heterocycles. The SMILES string of the molecule is CCOC(C)CNCc1ccc(O)cc1. The van der Waals surface area contributed by atoms with Gasteiger partial charge in [0.25, 0.3) is 0 Å². The minimum atomic E-state index is 0.243. The second kappa shape index (κ2) is 6.43. The second-order valence-corrected chi connectivity index (χ2v) is 3.56. The molecular weight excluding hydrogens is 190 g/mol. The molecule has 0 spiro atoms. The van der Waals surface area contributed by atoms with Crippen LogP contribution in [-0.2, 0) is 11.3 Å². The van der Waals surface area contributed by atoms with Crippen molar-refractivity contribution in [2.45, 2.75) is 26.5 Å². The van der Waals surface area contributed by atoms with Gasteiger partial charge in [0.1, 0.15) is 5.75 Å². The first-order chi connectivity index (χ1) is 7.22. The van der Waals surface area contributed by atoms with E-state index in [1.807, 2.05) is 26.0 Å². The zero-order valence-electron chi connectivity index (χ0n) is 9.36. The van der Waals surface area contributed by atoms with Gasteiger partial charge in [-0.2, -0.15) is 0 Å². The number of phenolic OH excluding ortho intramolecular Hbond substituents is 1. The van der Waals surface area contributed by atoms with Crippen LogP contribution >= 0.6 is 0 Å². The average molecular weight is 209 g/mol. The summed E-state index contributed by atoms with van der Waals surface area (Å²) in [4.78, 5) is 0. The van der Waals surface area contributed by atoms with Gasteiger partial charge in [0.2, 0.25) is 0 Å². The van der Waals surface area contributed by atoms with Crippen molar-refractivity contribution in [2.24, 2.45) is 0 Å². The Morgan fingerprint density at radius 3 is 2.60 bits per heavy atom. The number of benzene rings is 1. The van der Waals surface area contributed by atoms with Gasteiger partial charge in [0.05, 0.1) is 6.10 Å². The normalized spacial score (nSPS) is 12.7. The first-order valence-corrected chi connectivity index (χ1v) is 5.32. The molecule has 0 radical (unpaired) electrons. The lowest BCUT2D eigenvalue weighted by atomic mass is 10.2. The molecule has 0 saturated carbocycles. The molecule has 15 heavy (non-hydrogen) atoms. The lowest BCUT2D eigenvalue weighted by molar-refractivity contribution is 0.0759. The monoisotopic (exact) mass is 209 g/mol. The van der Waals surface area contributed by atoms with Crippen LogP contribution in [0.1, 0.15) is 19.4 Å². The van der Waals surface area contributed by atoms with Crippen LogP contribution in [0.25, 0.3) is 0 Å². The Labute approximate surface area is 91.1 Å². The molecule has 0 aliphatic carbocycles. The van der Waals surface area contributed by atoms with Gasteiger partial charge in [0, 0.05) is 19.7 Å². The van der Waals surface area contributed by atoms with Crippen LogP contribution in [0, 0.1) is 0 Å². The fourth-order valence-electron chi connectivity index (χ4n) is 1.38. The summed E-state index contributed by atoms with van der Waals surface area (Å²) in [6.45, 7) is 6.44. The van der Waals surface area contributed by atoms with Gasteiger partial charge in [-0.3, -0.25) is 0 Å². The molecule has 3 nitrogen and oxygen atoms in total. The fourth-order valence-corrected chi connectivity index (χ4v) is 1.38. The van der Waals surface area contributed by atoms with E-state index in [-0.39, 0.29) is 6.10 Å². The van der Waals surface area contributed by atoms with Gasteiger partial charge >= 0.3 is 0 Å². The number of rotatable bonds is 6. The van der Waals surface area contributed by atoms with Crippen molar-refractivity contribution in [1.29, 1.82) is 0 Å². The van der Waals surface area contributed by atoms with Gasteiger partial charge in [-0.15, -0.1) is 0 Å². The largest absolute Gasteiger partial charge is 0.508 e. The predicted molar refractivity (Wildman–Crippen MR) is 60.9 cm³/mol. The highest BCUT2D eigenvalue weighted by atomic mass is 16.5. The average Bonchev–Trinajstić information content (AvgIpc) is 2.21. The van der Waals surface area contributed by atoms with E-state index in [0.29, 0.717) is 5.75 Å². The summed E-state index contributed by atoms with van der Waals surface area (Å²) >= 11 is 0. The highest BCUT2D eigenvalue weighted by Crippen LogP contribution is 2.09. The van der Waals surface area contributed by atoms with Crippen molar-refractivity contribution < 1.29 is 9.84 Å². The zero-order chi connectivity index (χ0) is 11.1. The van der Waals surface area contributed by atoms with Gasteiger partial charge in [0.15, 0.2) is 0 Å². The third-order valence-electron chi connectivity index (χ3n) is 2.15. The minimum absolute atomic E-state index is 0.243. The van der Waals surface area contributed by atoms with E-state index in [1.54, 1.807) is 12.1 Å². The van der Waals surface area contributed by atoms with Crippen molar-refractivity contribution in [3.8, 4) is 5.75 Å². The number of nitrogens with one attached hydrogen (secondary N) is 1. The maximum atomic E-state index is 9.10. The van der Waals surface area contributed by atoms with Crippen LogP contribution in [0.3, 0.4) is 0 Å². The maximum absolute atomic E-state index is 9.10. The molecule has 1 aromatic rings. The maximum Gasteiger partial charge on any atom is 0.115 e. The Morgan fingerprint density at radius 1 is 1.33 bits per heavy atom. The zero-order valence-corrected chi connectivity index (χ0v) is 9.36. The Kier molecular flexibility index (Phi) is 5.15. The molecule has 0 fully saturated rings. The van der Waals surface area contributed by atoms with E-state index in [4.69, 9.17) is 9.84 Å². The third-order valence-corrected chi connectivity index (χ3v) is 2.15. The molecule has 1 atom stereocenters. The third kappa shape index (κ3) is 4.81. The smallest absolute Gasteiger partial charge is 0.115 e. The number of phenols is 1. The van der Waals surface area contributed by atoms with E-state index in [1.165, 1.54) is 0 Å². The van der Waals surface area contributed by atoms with Crippen molar-refractivity contribution in [2.75, 3.05) is 13.2 Å². The van der Waals surface area contributed by atoms with Crippen LogP contribution in [0.4, 0.5) is 0 Å². The number of hydrogen-bond acceptors (Lipinski definition) is 3. The molecule has 2 N–H and O–H groups in total. The number of ether oxygens (including phenoxy) is 1. The molecule has 1 aromatic carbocycles. The quantitative estimate of drug-likeness (QED) is 0.752. The Balaban J connectivity index is 2.22. The topological polar surface area (TPSA) is 41.5 Å². The summed E-state index contributed by atoms with van der Waals surface area (Å²) in [7, 11) is 0. The van der Waals surface area contributed by atoms with E-state index in [2.05, 4.69) is 5.32 Å². The van der Waals surface area contributed by atoms with E-state index in [9.17, 15) is 0 Å². The molecule has 84 valence electrons. The summed E-state index contributed by atoms with van der Waals surface area (Å²) in [6.07, 6.45) is 0.243. The molecule has 0 amide bonds. The van der Waals surface area contributed by atoms with Crippen LogP contribution in [-0.4, -0.2) is 24.4 Å². The first kappa shape index (κ1) is 12.0. The van der Waals surface area contributed by atoms with Crippen molar-refractivity contribution in [3.63, 3.8) is 0 Å². The van der Waals surface area contributed by atoms with Gasteiger partial charge < -0.3 is 15.2 Å². The molecule has 0 aliphatic heterocycles. The highest BCUT2D eigenvalue weighted by Gasteiger charge is 1.99. The van der Waals surface area contributed by atoms with Crippen LogP contribution < -0.4 is 5.32 Å². The molecule has 1 unspecified atom stereocenters. The summed E-state index contributed by atoms with van der Waals surface area (Å²) < 4.78 is 5.40. The van der Waals surface area contributed by atoms with Crippen LogP contribution in [0.2, 0.25) is 0 Å². The lowest BCUT2D eigenvalue weighted by Crippen LogP contribution is -2.26. The van der Waals surface area contributed by atoms with Gasteiger partial charge in [-0.25, -0.2) is 0 Å². The van der Waals surface area contributed by atoms with Gasteiger partial charge in [-0.1, -0.05) is 12.1 Å². The van der Waals surface area contributed by atoms with Crippen LogP contribution in [0.5, 0.6) is 5.75 Å². The van der Waals surface area contributed by atoms with E-state index < -0.39 is 0 Å². The number of hydrogen-bond donors (Lipinski definition) is 2. The summed E-state index contributed by atoms with van der Waals surface area (Å²) in [5, 5.41) is 12.4. The van der Waals surface area contributed by atoms with Gasteiger partial charge in [-0.05, 0) is 31.5 Å². The summed E-state index contributed by atoms with van der Waals surface area (Å²) in [6, 6.07) is 7.22. The standard InChI is InChI=1S/C12H19NO2/c1-3-15-10(2)8-13-9-11-4-6-12(14)7-5-11/h4-7,10,13-14H,3,8-9H2,1-2H3. The highest BCUT2D eigenvalue weighted by molar-refractivity contribution is 5.25. The molecule has 0 saturated heterocycles. The molecule has 1 rings (SSSR count). The molecule has 0 aliphatic rings. The van der Waals surface area contributed by atoms with E-state index in [0.717, 1.165) is 25.3 Å². The molecule has 0 bridgehead atoms. The van der Waals surface area contributed by atoms with Crippen molar-refractivity contribution in [3.05, 3.63) is 29.8 Å². The Hall–Kier alpha value is -1.06. The molecule has 0 aromatic heterocycles. The summed E-state index contributed by atoms with van der Waals surface area (Å²) in [5.74, 6) is 0.307. The Bertz CT molecular complexity index is 271.